The van der Waals surface area contributed by atoms with Gasteiger partial charge in [-0.2, -0.15) is 4.98 Å². The van der Waals surface area contributed by atoms with Gasteiger partial charge in [0.15, 0.2) is 11.5 Å². The van der Waals surface area contributed by atoms with Gasteiger partial charge in [0, 0.05) is 30.3 Å². The van der Waals surface area contributed by atoms with Gasteiger partial charge < -0.3 is 25.2 Å². The van der Waals surface area contributed by atoms with Gasteiger partial charge in [0.1, 0.15) is 5.82 Å². The van der Waals surface area contributed by atoms with Crippen molar-refractivity contribution < 1.29 is 14.6 Å². The van der Waals surface area contributed by atoms with E-state index in [9.17, 15) is 0 Å². The molecule has 0 amide bonds. The minimum absolute atomic E-state index is 0. The van der Waals surface area contributed by atoms with Crippen molar-refractivity contribution in [3.8, 4) is 11.5 Å². The van der Waals surface area contributed by atoms with Crippen molar-refractivity contribution >= 4 is 40.8 Å². The summed E-state index contributed by atoms with van der Waals surface area (Å²) in [7, 11) is 0. The third-order valence-corrected chi connectivity index (χ3v) is 3.86. The number of fused-ring (bicyclic) bond motifs is 2. The molecule has 1 aliphatic rings. The molecular formula is C18H19ClN4O3. The average Bonchev–Trinajstić information content (AvgIpc) is 3.10. The summed E-state index contributed by atoms with van der Waals surface area (Å²) in [5, 5.41) is 16.4. The number of ether oxygens (including phenoxy) is 2. The highest BCUT2D eigenvalue weighted by atomic mass is 35.5. The average molecular weight is 375 g/mol. The molecule has 3 aromatic rings. The number of hydrogen-bond acceptors (Lipinski definition) is 7. The molecule has 0 unspecified atom stereocenters. The quantitative estimate of drug-likeness (QED) is 0.570. The first-order valence-electron chi connectivity index (χ1n) is 8.12. The Labute approximate surface area is 156 Å². The molecule has 8 heteroatoms. The van der Waals surface area contributed by atoms with E-state index < -0.39 is 0 Å². The molecule has 0 fully saturated rings. The monoisotopic (exact) mass is 374 g/mol. The lowest BCUT2D eigenvalue weighted by Gasteiger charge is -2.12. The molecule has 0 aliphatic carbocycles. The summed E-state index contributed by atoms with van der Waals surface area (Å²) >= 11 is 0. The number of aromatic nitrogens is 2. The summed E-state index contributed by atoms with van der Waals surface area (Å²) in [6.07, 6.45) is 0.656. The summed E-state index contributed by atoms with van der Waals surface area (Å²) in [5.74, 6) is 2.66. The minimum Gasteiger partial charge on any atom is -0.454 e. The van der Waals surface area contributed by atoms with Crippen LogP contribution in [0.2, 0.25) is 0 Å². The Morgan fingerprint density at radius 2 is 1.88 bits per heavy atom. The smallest absolute Gasteiger partial charge is 0.231 e. The second-order valence-corrected chi connectivity index (χ2v) is 5.61. The van der Waals surface area contributed by atoms with E-state index in [1.807, 2.05) is 42.5 Å². The number of para-hydroxylation sites is 1. The molecular weight excluding hydrogens is 356 g/mol. The fourth-order valence-electron chi connectivity index (χ4n) is 2.66. The zero-order chi connectivity index (χ0) is 17.1. The van der Waals surface area contributed by atoms with Gasteiger partial charge >= 0.3 is 0 Å². The summed E-state index contributed by atoms with van der Waals surface area (Å²) in [5.41, 5.74) is 1.66. The number of anilines is 3. The third-order valence-electron chi connectivity index (χ3n) is 3.86. The highest BCUT2D eigenvalue weighted by molar-refractivity contribution is 5.90. The van der Waals surface area contributed by atoms with Crippen LogP contribution in [0.25, 0.3) is 10.9 Å². The molecule has 0 saturated heterocycles. The van der Waals surface area contributed by atoms with Crippen LogP contribution in [0.5, 0.6) is 11.5 Å². The second kappa shape index (κ2) is 8.07. The van der Waals surface area contributed by atoms with Crippen LogP contribution in [0.3, 0.4) is 0 Å². The Kier molecular flexibility index (Phi) is 5.60. The number of aliphatic hydroxyl groups is 1. The first-order chi connectivity index (χ1) is 12.3. The molecule has 7 nitrogen and oxygen atoms in total. The fourth-order valence-corrected chi connectivity index (χ4v) is 2.66. The number of hydrogen-bond donors (Lipinski definition) is 3. The van der Waals surface area contributed by atoms with Gasteiger partial charge in [0.05, 0.1) is 5.52 Å². The van der Waals surface area contributed by atoms with Crippen LogP contribution in [0.1, 0.15) is 6.42 Å². The zero-order valence-electron chi connectivity index (χ0n) is 13.9. The van der Waals surface area contributed by atoms with Gasteiger partial charge in [-0.25, -0.2) is 4.98 Å². The van der Waals surface area contributed by atoms with E-state index in [1.54, 1.807) is 0 Å². The Morgan fingerprint density at radius 1 is 1.04 bits per heavy atom. The van der Waals surface area contributed by atoms with Crippen molar-refractivity contribution in [1.82, 2.24) is 9.97 Å². The van der Waals surface area contributed by atoms with Crippen LogP contribution >= 0.6 is 12.4 Å². The van der Waals surface area contributed by atoms with Crippen molar-refractivity contribution in [1.29, 1.82) is 0 Å². The summed E-state index contributed by atoms with van der Waals surface area (Å²) in [4.78, 5) is 9.14. The van der Waals surface area contributed by atoms with Crippen LogP contribution in [0, 0.1) is 0 Å². The lowest BCUT2D eigenvalue weighted by atomic mass is 10.2. The summed E-state index contributed by atoms with van der Waals surface area (Å²) in [6.45, 7) is 1.02. The first kappa shape index (κ1) is 18.0. The van der Waals surface area contributed by atoms with Crippen molar-refractivity contribution in [2.45, 2.75) is 6.42 Å². The lowest BCUT2D eigenvalue weighted by molar-refractivity contribution is 0.174. The third kappa shape index (κ3) is 3.74. The number of nitrogens with one attached hydrogen (secondary N) is 2. The molecule has 26 heavy (non-hydrogen) atoms. The Balaban J connectivity index is 0.00000196. The molecule has 136 valence electrons. The van der Waals surface area contributed by atoms with Gasteiger partial charge in [-0.05, 0) is 30.7 Å². The van der Waals surface area contributed by atoms with Crippen LogP contribution in [0.4, 0.5) is 17.5 Å². The van der Waals surface area contributed by atoms with Gasteiger partial charge in [-0.15, -0.1) is 12.4 Å². The predicted molar refractivity (Wildman–Crippen MR) is 103 cm³/mol. The Morgan fingerprint density at radius 3 is 2.77 bits per heavy atom. The Hall–Kier alpha value is -2.77. The molecule has 2 aromatic carbocycles. The van der Waals surface area contributed by atoms with Crippen molar-refractivity contribution in [3.05, 3.63) is 42.5 Å². The van der Waals surface area contributed by atoms with E-state index in [2.05, 4.69) is 20.6 Å². The lowest BCUT2D eigenvalue weighted by Crippen LogP contribution is -2.08. The summed E-state index contributed by atoms with van der Waals surface area (Å²) < 4.78 is 10.7. The maximum atomic E-state index is 8.98. The number of benzene rings is 2. The molecule has 3 N–H and O–H groups in total. The normalized spacial score (nSPS) is 11.9. The van der Waals surface area contributed by atoms with E-state index in [0.29, 0.717) is 24.7 Å². The van der Waals surface area contributed by atoms with Crippen LogP contribution in [0.15, 0.2) is 42.5 Å². The Bertz CT molecular complexity index is 907. The maximum absolute atomic E-state index is 8.98. The molecule has 0 saturated carbocycles. The number of aliphatic hydroxyl groups excluding tert-OH is 1. The van der Waals surface area contributed by atoms with Crippen molar-refractivity contribution in [2.24, 2.45) is 0 Å². The van der Waals surface area contributed by atoms with E-state index in [4.69, 9.17) is 14.6 Å². The van der Waals surface area contributed by atoms with Crippen LogP contribution < -0.4 is 20.1 Å². The second-order valence-electron chi connectivity index (χ2n) is 5.61. The first-order valence-corrected chi connectivity index (χ1v) is 8.12. The van der Waals surface area contributed by atoms with Gasteiger partial charge in [-0.1, -0.05) is 12.1 Å². The summed E-state index contributed by atoms with van der Waals surface area (Å²) in [6, 6.07) is 13.4. The van der Waals surface area contributed by atoms with E-state index in [-0.39, 0.29) is 25.8 Å². The highest BCUT2D eigenvalue weighted by Crippen LogP contribution is 2.35. The van der Waals surface area contributed by atoms with E-state index >= 15 is 0 Å². The maximum Gasteiger partial charge on any atom is 0.231 e. The molecule has 0 spiro atoms. The zero-order valence-corrected chi connectivity index (χ0v) is 14.8. The molecule has 0 radical (unpaired) electrons. The topological polar surface area (TPSA) is 88.5 Å². The number of halogens is 1. The SMILES string of the molecule is Cl.OCCCNc1nc(Nc2ccc3c(c2)OCO3)nc2ccccc12. The van der Waals surface area contributed by atoms with E-state index in [0.717, 1.165) is 28.2 Å². The largest absolute Gasteiger partial charge is 0.454 e. The van der Waals surface area contributed by atoms with Crippen molar-refractivity contribution in [2.75, 3.05) is 30.6 Å². The fraction of sp³-hybridized carbons (Fsp3) is 0.222. The molecule has 1 aliphatic heterocycles. The van der Waals surface area contributed by atoms with E-state index in [1.165, 1.54) is 0 Å². The van der Waals surface area contributed by atoms with Crippen molar-refractivity contribution in [3.63, 3.8) is 0 Å². The van der Waals surface area contributed by atoms with Gasteiger partial charge in [0.2, 0.25) is 12.7 Å². The number of rotatable bonds is 6. The standard InChI is InChI=1S/C18H18N4O3.ClH/c23-9-3-8-19-17-13-4-1-2-5-14(13)21-18(22-17)20-12-6-7-15-16(10-12)25-11-24-15;/h1-2,4-7,10,23H,3,8-9,11H2,(H2,19,20,21,22);1H. The van der Waals surface area contributed by atoms with Crippen LogP contribution in [-0.2, 0) is 0 Å². The number of nitrogens with zero attached hydrogens (tertiary/aromatic N) is 2. The molecule has 0 atom stereocenters. The molecule has 1 aromatic heterocycles. The predicted octanol–water partition coefficient (Wildman–Crippen LogP) is 3.32. The van der Waals surface area contributed by atoms with Gasteiger partial charge in [0.25, 0.3) is 0 Å². The molecule has 0 bridgehead atoms. The highest BCUT2D eigenvalue weighted by Gasteiger charge is 2.14. The van der Waals surface area contributed by atoms with Gasteiger partial charge in [-0.3, -0.25) is 0 Å². The molecule has 2 heterocycles. The molecule has 4 rings (SSSR count). The van der Waals surface area contributed by atoms with Crippen LogP contribution in [-0.4, -0.2) is 35.0 Å². The minimum atomic E-state index is 0.